The topological polar surface area (TPSA) is 53.4 Å². The molecule has 3 rings (SSSR count). The van der Waals surface area contributed by atoms with E-state index in [0.717, 1.165) is 0 Å². The molecule has 0 amide bonds. The van der Waals surface area contributed by atoms with Crippen molar-refractivity contribution >= 4 is 47.1 Å². The zero-order valence-corrected chi connectivity index (χ0v) is 16.2. The van der Waals surface area contributed by atoms with Crippen molar-refractivity contribution in [2.24, 2.45) is 0 Å². The summed E-state index contributed by atoms with van der Waals surface area (Å²) in [6, 6.07) is 12.5. The first-order valence-electron chi connectivity index (χ1n) is 7.83. The van der Waals surface area contributed by atoms with Crippen molar-refractivity contribution in [1.82, 2.24) is 9.78 Å². The molecule has 2 aromatic carbocycles. The lowest BCUT2D eigenvalue weighted by Gasteiger charge is -2.19. The number of benzene rings is 2. The molecular weight excluding hydrogens is 382 g/mol. The molecule has 25 heavy (non-hydrogen) atoms. The van der Waals surface area contributed by atoms with Crippen LogP contribution >= 0.6 is 30.8 Å². The fourth-order valence-electron chi connectivity index (χ4n) is 2.58. The van der Waals surface area contributed by atoms with Gasteiger partial charge >= 0.3 is 7.60 Å². The first-order valence-corrected chi connectivity index (χ1v) is 10.1. The van der Waals surface area contributed by atoms with E-state index in [4.69, 9.17) is 32.2 Å². The second kappa shape index (κ2) is 7.48. The molecule has 8 heteroatoms. The Bertz CT molecular complexity index is 948. The third-order valence-corrected chi connectivity index (χ3v) is 6.44. The number of rotatable bonds is 6. The molecule has 5 nitrogen and oxygen atoms in total. The molecule has 0 radical (unpaired) electrons. The van der Waals surface area contributed by atoms with Gasteiger partial charge in [-0.25, -0.2) is 4.68 Å². The lowest BCUT2D eigenvalue weighted by atomic mass is 10.3. The highest BCUT2D eigenvalue weighted by Crippen LogP contribution is 2.49. The second-order valence-electron chi connectivity index (χ2n) is 5.18. The van der Waals surface area contributed by atoms with Gasteiger partial charge in [0, 0.05) is 5.39 Å². The van der Waals surface area contributed by atoms with E-state index >= 15 is 0 Å². The SMILES string of the molecule is CCOP(=O)(OCC)c1c2ccccc2nn1-c1ccc(Cl)c(Cl)c1. The molecule has 0 atom stereocenters. The van der Waals surface area contributed by atoms with E-state index in [1.54, 1.807) is 36.7 Å². The van der Waals surface area contributed by atoms with Crippen LogP contribution in [0.1, 0.15) is 13.8 Å². The predicted octanol–water partition coefficient (Wildman–Crippen LogP) is 5.22. The standard InChI is InChI=1S/C17H17Cl2N2O3P/c1-3-23-25(22,24-4-2)17-13-7-5-6-8-16(13)20-21(17)12-9-10-14(18)15(19)11-12/h5-11H,3-4H2,1-2H3. The van der Waals surface area contributed by atoms with Gasteiger partial charge in [0.2, 0.25) is 0 Å². The molecule has 1 aromatic heterocycles. The summed E-state index contributed by atoms with van der Waals surface area (Å²) < 4.78 is 26.1. The molecule has 0 unspecified atom stereocenters. The van der Waals surface area contributed by atoms with Crippen molar-refractivity contribution in [3.8, 4) is 5.69 Å². The number of aromatic nitrogens is 2. The monoisotopic (exact) mass is 398 g/mol. The maximum absolute atomic E-state index is 13.5. The van der Waals surface area contributed by atoms with E-state index in [1.807, 2.05) is 24.3 Å². The Morgan fingerprint density at radius 3 is 2.36 bits per heavy atom. The highest BCUT2D eigenvalue weighted by atomic mass is 35.5. The van der Waals surface area contributed by atoms with Crippen LogP contribution in [0.3, 0.4) is 0 Å². The van der Waals surface area contributed by atoms with Gasteiger partial charge < -0.3 is 9.05 Å². The van der Waals surface area contributed by atoms with E-state index in [9.17, 15) is 4.57 Å². The Labute approximate surface area is 156 Å². The van der Waals surface area contributed by atoms with Gasteiger partial charge in [0.25, 0.3) is 0 Å². The molecule has 1 heterocycles. The molecule has 132 valence electrons. The summed E-state index contributed by atoms with van der Waals surface area (Å²) in [4.78, 5) is 0. The summed E-state index contributed by atoms with van der Waals surface area (Å²) in [5.74, 6) is 0. The molecule has 0 aliphatic rings. The first kappa shape index (κ1) is 18.4. The van der Waals surface area contributed by atoms with Gasteiger partial charge in [-0.2, -0.15) is 5.10 Å². The lowest BCUT2D eigenvalue weighted by molar-refractivity contribution is 0.229. The van der Waals surface area contributed by atoms with Gasteiger partial charge in [0.05, 0.1) is 34.5 Å². The van der Waals surface area contributed by atoms with E-state index in [-0.39, 0.29) is 13.2 Å². The fourth-order valence-corrected chi connectivity index (χ4v) is 4.75. The Kier molecular flexibility index (Phi) is 5.52. The highest BCUT2D eigenvalue weighted by molar-refractivity contribution is 7.62. The average molecular weight is 399 g/mol. The van der Waals surface area contributed by atoms with E-state index in [2.05, 4.69) is 5.10 Å². The number of nitrogens with zero attached hydrogens (tertiary/aromatic N) is 2. The van der Waals surface area contributed by atoms with Gasteiger partial charge in [-0.15, -0.1) is 0 Å². The van der Waals surface area contributed by atoms with Crippen LogP contribution in [-0.4, -0.2) is 23.0 Å². The average Bonchev–Trinajstić information content (AvgIpc) is 2.98. The fraction of sp³-hybridized carbons (Fsp3) is 0.235. The summed E-state index contributed by atoms with van der Waals surface area (Å²) in [5.41, 5.74) is 1.69. The zero-order chi connectivity index (χ0) is 18.0. The minimum Gasteiger partial charge on any atom is -0.304 e. The third kappa shape index (κ3) is 3.48. The van der Waals surface area contributed by atoms with Crippen molar-refractivity contribution in [2.75, 3.05) is 13.2 Å². The lowest BCUT2D eigenvalue weighted by Crippen LogP contribution is -2.20. The van der Waals surface area contributed by atoms with Crippen molar-refractivity contribution in [3.63, 3.8) is 0 Å². The number of hydrogen-bond donors (Lipinski definition) is 0. The molecule has 0 spiro atoms. The van der Waals surface area contributed by atoms with Crippen molar-refractivity contribution < 1.29 is 13.6 Å². The molecule has 3 aromatic rings. The van der Waals surface area contributed by atoms with Crippen LogP contribution < -0.4 is 5.44 Å². The van der Waals surface area contributed by atoms with E-state index in [1.165, 1.54) is 0 Å². The first-order chi connectivity index (χ1) is 12.0. The minimum absolute atomic E-state index is 0.248. The summed E-state index contributed by atoms with van der Waals surface area (Å²) in [7, 11) is -3.58. The van der Waals surface area contributed by atoms with Gasteiger partial charge in [0.1, 0.15) is 0 Å². The summed E-state index contributed by atoms with van der Waals surface area (Å²) in [5, 5.41) is 6.09. The van der Waals surface area contributed by atoms with Crippen molar-refractivity contribution in [2.45, 2.75) is 13.8 Å². The number of fused-ring (bicyclic) bond motifs is 1. The van der Waals surface area contributed by atoms with Gasteiger partial charge in [-0.05, 0) is 38.1 Å². The van der Waals surface area contributed by atoms with Crippen LogP contribution in [0.15, 0.2) is 42.5 Å². The van der Waals surface area contributed by atoms with Crippen LogP contribution in [0.5, 0.6) is 0 Å². The third-order valence-electron chi connectivity index (χ3n) is 3.56. The van der Waals surface area contributed by atoms with E-state index < -0.39 is 7.60 Å². The zero-order valence-electron chi connectivity index (χ0n) is 13.8. The Morgan fingerprint density at radius 1 is 1.04 bits per heavy atom. The van der Waals surface area contributed by atoms with Crippen LogP contribution in [-0.2, 0) is 13.6 Å². The van der Waals surface area contributed by atoms with Crippen LogP contribution in [0.4, 0.5) is 0 Å². The normalized spacial score (nSPS) is 12.0. The molecule has 0 fully saturated rings. The molecule has 0 saturated heterocycles. The second-order valence-corrected chi connectivity index (χ2v) is 7.93. The van der Waals surface area contributed by atoms with Crippen molar-refractivity contribution in [3.05, 3.63) is 52.5 Å². The Morgan fingerprint density at radius 2 is 1.72 bits per heavy atom. The van der Waals surface area contributed by atoms with Gasteiger partial charge in [-0.3, -0.25) is 4.57 Å². The molecule has 0 aliphatic carbocycles. The van der Waals surface area contributed by atoms with Crippen molar-refractivity contribution in [1.29, 1.82) is 0 Å². The quantitative estimate of drug-likeness (QED) is 0.533. The molecule has 0 aliphatic heterocycles. The molecule has 0 N–H and O–H groups in total. The van der Waals surface area contributed by atoms with Gasteiger partial charge in [-0.1, -0.05) is 41.4 Å². The highest BCUT2D eigenvalue weighted by Gasteiger charge is 2.34. The number of hydrogen-bond acceptors (Lipinski definition) is 4. The Hall–Kier alpha value is -1.36. The molecule has 0 saturated carbocycles. The van der Waals surface area contributed by atoms with E-state index in [0.29, 0.717) is 32.1 Å². The summed E-state index contributed by atoms with van der Waals surface area (Å²) >= 11 is 12.2. The largest absolute Gasteiger partial charge is 0.380 e. The van der Waals surface area contributed by atoms with Crippen LogP contribution in [0.25, 0.3) is 16.6 Å². The van der Waals surface area contributed by atoms with Crippen LogP contribution in [0.2, 0.25) is 10.0 Å². The molecule has 0 bridgehead atoms. The maximum Gasteiger partial charge on any atom is 0.380 e. The molecular formula is C17H17Cl2N2O3P. The summed E-state index contributed by atoms with van der Waals surface area (Å²) in [6.45, 7) is 4.04. The predicted molar refractivity (Wildman–Crippen MR) is 102 cm³/mol. The van der Waals surface area contributed by atoms with Gasteiger partial charge in [0.15, 0.2) is 5.44 Å². The Balaban J connectivity index is 2.31. The van der Waals surface area contributed by atoms with Crippen LogP contribution in [0, 0.1) is 0 Å². The maximum atomic E-state index is 13.5. The number of halogens is 2. The minimum atomic E-state index is -3.58. The summed E-state index contributed by atoms with van der Waals surface area (Å²) in [6.07, 6.45) is 0. The smallest absolute Gasteiger partial charge is 0.304 e.